The lowest BCUT2D eigenvalue weighted by Gasteiger charge is -2.25. The minimum absolute atomic E-state index is 0.133. The van der Waals surface area contributed by atoms with Crippen molar-refractivity contribution in [1.29, 1.82) is 0 Å². The fourth-order valence-corrected chi connectivity index (χ4v) is 3.80. The smallest absolute Gasteiger partial charge is 0.129 e. The minimum Gasteiger partial charge on any atom is -0.497 e. The van der Waals surface area contributed by atoms with Crippen LogP contribution in [0.25, 0.3) is 11.1 Å². The van der Waals surface area contributed by atoms with Gasteiger partial charge in [0.25, 0.3) is 0 Å². The molecule has 1 N–H and O–H groups in total. The third-order valence-electron chi connectivity index (χ3n) is 5.27. The first kappa shape index (κ1) is 16.1. The maximum atomic E-state index is 14.7. The van der Waals surface area contributed by atoms with Gasteiger partial charge in [-0.05, 0) is 47.9 Å². The van der Waals surface area contributed by atoms with Crippen LogP contribution in [0.15, 0.2) is 47.7 Å². The Morgan fingerprint density at radius 2 is 2.15 bits per heavy atom. The van der Waals surface area contributed by atoms with Crippen LogP contribution >= 0.6 is 0 Å². The first-order valence-electron chi connectivity index (χ1n) is 8.90. The molecule has 0 spiro atoms. The molecule has 5 nitrogen and oxygen atoms in total. The summed E-state index contributed by atoms with van der Waals surface area (Å²) in [7, 11) is 1.65. The van der Waals surface area contributed by atoms with E-state index in [1.54, 1.807) is 25.6 Å². The fraction of sp³-hybridized carbons (Fsp3) is 0.238. The summed E-state index contributed by atoms with van der Waals surface area (Å²) in [5.74, 6) is 1.61. The molecule has 2 aromatic carbocycles. The molecule has 27 heavy (non-hydrogen) atoms. The number of aromatic amines is 1. The highest BCUT2D eigenvalue weighted by atomic mass is 19.1. The van der Waals surface area contributed by atoms with Crippen molar-refractivity contribution in [3.05, 3.63) is 59.7 Å². The molecular formula is C21H18FN3O2. The van der Waals surface area contributed by atoms with Crippen molar-refractivity contribution in [2.45, 2.75) is 12.8 Å². The lowest BCUT2D eigenvalue weighted by Crippen LogP contribution is -2.28. The van der Waals surface area contributed by atoms with Crippen molar-refractivity contribution in [3.8, 4) is 22.6 Å². The van der Waals surface area contributed by atoms with Gasteiger partial charge in [-0.3, -0.25) is 10.1 Å². The van der Waals surface area contributed by atoms with Crippen LogP contribution in [0.5, 0.6) is 11.5 Å². The molecule has 0 saturated heterocycles. The van der Waals surface area contributed by atoms with Crippen molar-refractivity contribution in [3.63, 3.8) is 0 Å². The number of aromatic nitrogens is 2. The molecule has 3 aromatic rings. The number of H-pyrrole nitrogens is 1. The van der Waals surface area contributed by atoms with E-state index in [0.717, 1.165) is 40.3 Å². The lowest BCUT2D eigenvalue weighted by atomic mass is 9.90. The lowest BCUT2D eigenvalue weighted by molar-refractivity contribution is 0.257. The summed E-state index contributed by atoms with van der Waals surface area (Å²) in [4.78, 5) is 4.76. The molecule has 1 aromatic heterocycles. The number of nitrogens with one attached hydrogen (secondary N) is 1. The Hall–Kier alpha value is -3.15. The third kappa shape index (κ3) is 2.77. The Balaban J connectivity index is 1.44. The number of hydrogen-bond donors (Lipinski definition) is 1. The summed E-state index contributed by atoms with van der Waals surface area (Å²) in [6.07, 6.45) is 4.77. The van der Waals surface area contributed by atoms with Crippen molar-refractivity contribution in [2.24, 2.45) is 10.9 Å². The Morgan fingerprint density at radius 3 is 2.96 bits per heavy atom. The zero-order valence-corrected chi connectivity index (χ0v) is 14.8. The van der Waals surface area contributed by atoms with E-state index in [9.17, 15) is 4.39 Å². The molecule has 5 rings (SSSR count). The van der Waals surface area contributed by atoms with Crippen molar-refractivity contribution >= 4 is 11.4 Å². The van der Waals surface area contributed by atoms with Gasteiger partial charge in [0.15, 0.2) is 0 Å². The van der Waals surface area contributed by atoms with E-state index in [4.69, 9.17) is 14.5 Å². The molecule has 136 valence electrons. The number of ether oxygens (including phenoxy) is 2. The van der Waals surface area contributed by atoms with E-state index in [0.29, 0.717) is 24.3 Å². The molecule has 1 unspecified atom stereocenters. The number of aliphatic imine (C=N–C) groups is 1. The standard InChI is InChI=1S/C21H18FN3O2/c1-26-16-2-3-21-13(5-16)4-14(11-27-21)19-8-17-18(22)6-12(7-20(17)25-19)15-9-23-24-10-15/h2-3,5-7,9-10,14H,4,8,11H2,1H3,(H,23,24). The van der Waals surface area contributed by atoms with E-state index < -0.39 is 0 Å². The van der Waals surface area contributed by atoms with Gasteiger partial charge in [-0.1, -0.05) is 0 Å². The maximum absolute atomic E-state index is 14.7. The molecule has 0 saturated carbocycles. The van der Waals surface area contributed by atoms with Gasteiger partial charge < -0.3 is 9.47 Å². The highest BCUT2D eigenvalue weighted by molar-refractivity contribution is 5.97. The third-order valence-corrected chi connectivity index (χ3v) is 5.27. The Labute approximate surface area is 155 Å². The molecule has 0 aliphatic carbocycles. The highest BCUT2D eigenvalue weighted by Crippen LogP contribution is 2.38. The minimum atomic E-state index is -0.221. The van der Waals surface area contributed by atoms with Crippen LogP contribution in [0.2, 0.25) is 0 Å². The number of fused-ring (bicyclic) bond motifs is 2. The van der Waals surface area contributed by atoms with Crippen molar-refractivity contribution < 1.29 is 13.9 Å². The zero-order chi connectivity index (χ0) is 18.4. The molecule has 0 fully saturated rings. The van der Waals surface area contributed by atoms with Gasteiger partial charge in [0, 0.05) is 35.4 Å². The number of benzene rings is 2. The van der Waals surface area contributed by atoms with Gasteiger partial charge in [0.1, 0.15) is 17.3 Å². The largest absolute Gasteiger partial charge is 0.497 e. The predicted molar refractivity (Wildman–Crippen MR) is 100 cm³/mol. The molecule has 1 atom stereocenters. The Morgan fingerprint density at radius 1 is 1.22 bits per heavy atom. The van der Waals surface area contributed by atoms with Gasteiger partial charge >= 0.3 is 0 Å². The second-order valence-electron chi connectivity index (χ2n) is 6.91. The summed E-state index contributed by atoms with van der Waals surface area (Å²) in [6, 6.07) is 9.32. The average Bonchev–Trinajstić information content (AvgIpc) is 3.37. The topological polar surface area (TPSA) is 59.5 Å². The number of nitrogens with zero attached hydrogens (tertiary/aromatic N) is 2. The molecule has 0 radical (unpaired) electrons. The van der Waals surface area contributed by atoms with Crippen molar-refractivity contribution in [1.82, 2.24) is 10.2 Å². The van der Waals surface area contributed by atoms with E-state index in [-0.39, 0.29) is 11.7 Å². The predicted octanol–water partition coefficient (Wildman–Crippen LogP) is 4.10. The van der Waals surface area contributed by atoms with Gasteiger partial charge in [0.05, 0.1) is 25.6 Å². The number of rotatable bonds is 3. The summed E-state index contributed by atoms with van der Waals surface area (Å²) in [5.41, 5.74) is 5.07. The first-order chi connectivity index (χ1) is 13.2. The quantitative estimate of drug-likeness (QED) is 0.762. The first-order valence-corrected chi connectivity index (χ1v) is 8.90. The summed E-state index contributed by atoms with van der Waals surface area (Å²) >= 11 is 0. The van der Waals surface area contributed by atoms with Gasteiger partial charge in [-0.2, -0.15) is 5.10 Å². The van der Waals surface area contributed by atoms with Gasteiger partial charge in [0.2, 0.25) is 0 Å². The van der Waals surface area contributed by atoms with Crippen LogP contribution in [-0.2, 0) is 12.8 Å². The Kier molecular flexibility index (Phi) is 3.70. The van der Waals surface area contributed by atoms with E-state index >= 15 is 0 Å². The Bertz CT molecular complexity index is 1040. The van der Waals surface area contributed by atoms with E-state index in [1.165, 1.54) is 0 Å². The van der Waals surface area contributed by atoms with Gasteiger partial charge in [-0.25, -0.2) is 4.39 Å². The number of hydrogen-bond acceptors (Lipinski definition) is 4. The number of halogens is 1. The van der Waals surface area contributed by atoms with Crippen LogP contribution in [-0.4, -0.2) is 29.6 Å². The van der Waals surface area contributed by atoms with Crippen LogP contribution in [0, 0.1) is 11.7 Å². The second kappa shape index (κ2) is 6.23. The van der Waals surface area contributed by atoms with Crippen LogP contribution < -0.4 is 9.47 Å². The normalized spacial score (nSPS) is 17.7. The molecule has 3 heterocycles. The SMILES string of the molecule is COc1ccc2c(c1)CC(C1=Nc3cc(-c4cn[nH]c4)cc(F)c3C1)CO2. The molecule has 6 heteroatoms. The molecule has 2 aliphatic rings. The number of methoxy groups -OCH3 is 1. The van der Waals surface area contributed by atoms with E-state index in [2.05, 4.69) is 10.2 Å². The highest BCUT2D eigenvalue weighted by Gasteiger charge is 2.29. The molecule has 2 aliphatic heterocycles. The fourth-order valence-electron chi connectivity index (χ4n) is 3.80. The van der Waals surface area contributed by atoms with Crippen LogP contribution in [0.1, 0.15) is 11.1 Å². The summed E-state index contributed by atoms with van der Waals surface area (Å²) in [5, 5.41) is 6.70. The monoisotopic (exact) mass is 363 g/mol. The van der Waals surface area contributed by atoms with Gasteiger partial charge in [-0.15, -0.1) is 0 Å². The summed E-state index contributed by atoms with van der Waals surface area (Å²) < 4.78 is 25.9. The van der Waals surface area contributed by atoms with Crippen molar-refractivity contribution in [2.75, 3.05) is 13.7 Å². The van der Waals surface area contributed by atoms with Crippen LogP contribution in [0.3, 0.4) is 0 Å². The zero-order valence-electron chi connectivity index (χ0n) is 14.8. The van der Waals surface area contributed by atoms with Crippen LogP contribution in [0.4, 0.5) is 10.1 Å². The van der Waals surface area contributed by atoms with E-state index in [1.807, 2.05) is 24.3 Å². The molecular weight excluding hydrogens is 345 g/mol. The molecule has 0 bridgehead atoms. The maximum Gasteiger partial charge on any atom is 0.129 e. The average molecular weight is 363 g/mol. The summed E-state index contributed by atoms with van der Waals surface area (Å²) in [6.45, 7) is 0.558. The molecule has 0 amide bonds. The second-order valence-corrected chi connectivity index (χ2v) is 6.91.